The van der Waals surface area contributed by atoms with Gasteiger partial charge >= 0.3 is 0 Å². The lowest BCUT2D eigenvalue weighted by Gasteiger charge is -2.07. The quantitative estimate of drug-likeness (QED) is 0.253. The van der Waals surface area contributed by atoms with Gasteiger partial charge in [-0.15, -0.1) is 11.3 Å². The number of hydrogen-bond donors (Lipinski definition) is 0. The lowest BCUT2D eigenvalue weighted by atomic mass is 10.0. The highest BCUT2D eigenvalue weighted by atomic mass is 35.5. The number of fused-ring (bicyclic) bond motifs is 3. The van der Waals surface area contributed by atoms with Crippen LogP contribution in [0.25, 0.3) is 53.9 Å². The second-order valence-corrected chi connectivity index (χ2v) is 9.12. The summed E-state index contributed by atoms with van der Waals surface area (Å²) in [7, 11) is 0. The summed E-state index contributed by atoms with van der Waals surface area (Å²) in [6.45, 7) is 0. The van der Waals surface area contributed by atoms with Gasteiger partial charge in [-0.1, -0.05) is 96.5 Å². The van der Waals surface area contributed by atoms with Crippen LogP contribution in [0.3, 0.4) is 0 Å². The van der Waals surface area contributed by atoms with Gasteiger partial charge in [0.2, 0.25) is 0 Å². The first kappa shape index (κ1) is 19.2. The molecule has 0 radical (unpaired) electrons. The van der Waals surface area contributed by atoms with Gasteiger partial charge in [-0.25, -0.2) is 9.97 Å². The van der Waals surface area contributed by atoms with Gasteiger partial charge < -0.3 is 0 Å². The average Bonchev–Trinajstić information content (AvgIpc) is 3.22. The second-order valence-electron chi connectivity index (χ2n) is 7.65. The van der Waals surface area contributed by atoms with Gasteiger partial charge in [0.25, 0.3) is 0 Å². The summed E-state index contributed by atoms with van der Waals surface area (Å²) < 4.78 is 2.51. The number of thiophene rings is 1. The monoisotopic (exact) mass is 448 g/mol. The molecule has 2 aromatic heterocycles. The molecule has 0 N–H and O–H groups in total. The van der Waals surface area contributed by atoms with Crippen molar-refractivity contribution in [1.29, 1.82) is 0 Å². The molecule has 2 nitrogen and oxygen atoms in total. The van der Waals surface area contributed by atoms with Crippen molar-refractivity contribution in [3.8, 4) is 33.8 Å². The maximum absolute atomic E-state index is 6.41. The first-order valence-corrected chi connectivity index (χ1v) is 11.6. The van der Waals surface area contributed by atoms with Crippen LogP contribution in [0.1, 0.15) is 0 Å². The van der Waals surface area contributed by atoms with E-state index in [4.69, 9.17) is 16.6 Å². The Balaban J connectivity index is 1.40. The van der Waals surface area contributed by atoms with E-state index in [1.807, 2.05) is 24.3 Å². The van der Waals surface area contributed by atoms with Crippen LogP contribution in [0, 0.1) is 0 Å². The molecule has 0 aliphatic heterocycles. The Morgan fingerprint density at radius 3 is 2.03 bits per heavy atom. The molecular formula is C28H17ClN2S. The standard InChI is InChI=1S/C28H17ClN2S/c29-27-17-24(20-12-10-19(11-13-20)18-6-2-1-3-7-18)30-28(31-27)21-14-15-23-22-8-4-5-9-25(22)32-26(23)16-21/h1-17H. The predicted molar refractivity (Wildman–Crippen MR) is 136 cm³/mol. The summed E-state index contributed by atoms with van der Waals surface area (Å²) in [4.78, 5) is 9.36. The van der Waals surface area contributed by atoms with E-state index in [2.05, 4.69) is 83.8 Å². The van der Waals surface area contributed by atoms with Gasteiger partial charge in [0, 0.05) is 37.4 Å². The molecule has 0 unspecified atom stereocenters. The molecule has 2 heterocycles. The summed E-state index contributed by atoms with van der Waals surface area (Å²) in [6, 6.07) is 35.4. The van der Waals surface area contributed by atoms with Gasteiger partial charge in [0.15, 0.2) is 5.82 Å². The van der Waals surface area contributed by atoms with Crippen molar-refractivity contribution >= 4 is 43.1 Å². The first-order valence-electron chi connectivity index (χ1n) is 10.4. The molecule has 6 aromatic rings. The van der Waals surface area contributed by atoms with Crippen LogP contribution < -0.4 is 0 Å². The zero-order valence-electron chi connectivity index (χ0n) is 17.0. The van der Waals surface area contributed by atoms with Crippen LogP contribution in [-0.4, -0.2) is 9.97 Å². The third kappa shape index (κ3) is 3.46. The van der Waals surface area contributed by atoms with Crippen LogP contribution in [0.2, 0.25) is 5.15 Å². The van der Waals surface area contributed by atoms with E-state index in [-0.39, 0.29) is 0 Å². The fraction of sp³-hybridized carbons (Fsp3) is 0. The van der Waals surface area contributed by atoms with Crippen LogP contribution in [0.15, 0.2) is 103 Å². The molecule has 0 amide bonds. The first-order chi connectivity index (χ1) is 15.7. The highest BCUT2D eigenvalue weighted by molar-refractivity contribution is 7.25. The van der Waals surface area contributed by atoms with Crippen molar-refractivity contribution in [3.05, 3.63) is 108 Å². The minimum Gasteiger partial charge on any atom is -0.228 e. The highest BCUT2D eigenvalue weighted by Gasteiger charge is 2.11. The molecule has 0 saturated heterocycles. The fourth-order valence-electron chi connectivity index (χ4n) is 4.02. The number of rotatable bonds is 3. The molecule has 32 heavy (non-hydrogen) atoms. The summed E-state index contributed by atoms with van der Waals surface area (Å²) >= 11 is 8.20. The van der Waals surface area contributed by atoms with Crippen molar-refractivity contribution in [2.45, 2.75) is 0 Å². The van der Waals surface area contributed by atoms with Gasteiger partial charge in [-0.3, -0.25) is 0 Å². The Hall–Kier alpha value is -3.53. The van der Waals surface area contributed by atoms with Crippen LogP contribution in [0.4, 0.5) is 0 Å². The van der Waals surface area contributed by atoms with E-state index >= 15 is 0 Å². The van der Waals surface area contributed by atoms with E-state index in [1.54, 1.807) is 11.3 Å². The molecule has 0 saturated carbocycles. The predicted octanol–water partition coefficient (Wildman–Crippen LogP) is 8.50. The average molecular weight is 449 g/mol. The van der Waals surface area contributed by atoms with Gasteiger partial charge in [0.05, 0.1) is 5.69 Å². The summed E-state index contributed by atoms with van der Waals surface area (Å²) in [5, 5.41) is 2.98. The maximum atomic E-state index is 6.41. The van der Waals surface area contributed by atoms with E-state index < -0.39 is 0 Å². The third-order valence-corrected chi connectivity index (χ3v) is 6.95. The summed E-state index contributed by atoms with van der Waals surface area (Å²) in [5.41, 5.74) is 5.16. The third-order valence-electron chi connectivity index (χ3n) is 5.62. The number of nitrogens with zero attached hydrogens (tertiary/aromatic N) is 2. The maximum Gasteiger partial charge on any atom is 0.161 e. The van der Waals surface area contributed by atoms with Crippen LogP contribution in [0.5, 0.6) is 0 Å². The van der Waals surface area contributed by atoms with E-state index in [0.29, 0.717) is 11.0 Å². The summed E-state index contributed by atoms with van der Waals surface area (Å²) in [5.74, 6) is 0.638. The molecule has 6 rings (SSSR count). The Morgan fingerprint density at radius 2 is 1.19 bits per heavy atom. The number of halogens is 1. The Kier molecular flexibility index (Phi) is 4.71. The van der Waals surface area contributed by atoms with Crippen molar-refractivity contribution in [1.82, 2.24) is 9.97 Å². The Bertz CT molecular complexity index is 1570. The van der Waals surface area contributed by atoms with Crippen LogP contribution in [-0.2, 0) is 0 Å². The molecule has 4 aromatic carbocycles. The highest BCUT2D eigenvalue weighted by Crippen LogP contribution is 2.36. The van der Waals surface area contributed by atoms with Gasteiger partial charge in [-0.05, 0) is 23.3 Å². The fourth-order valence-corrected chi connectivity index (χ4v) is 5.35. The number of benzene rings is 4. The normalized spacial score (nSPS) is 11.3. The Labute approximate surface area is 194 Å². The SMILES string of the molecule is Clc1cc(-c2ccc(-c3ccccc3)cc2)nc(-c2ccc3c(c2)sc2ccccc23)n1. The zero-order chi connectivity index (χ0) is 21.5. The van der Waals surface area contributed by atoms with Crippen molar-refractivity contribution in [3.63, 3.8) is 0 Å². The number of aromatic nitrogens is 2. The lowest BCUT2D eigenvalue weighted by Crippen LogP contribution is -1.93. The molecule has 0 fully saturated rings. The van der Waals surface area contributed by atoms with Gasteiger partial charge in [0.1, 0.15) is 5.15 Å². The largest absolute Gasteiger partial charge is 0.228 e. The molecule has 0 bridgehead atoms. The minimum absolute atomic E-state index is 0.438. The van der Waals surface area contributed by atoms with Crippen LogP contribution >= 0.6 is 22.9 Å². The second kappa shape index (κ2) is 7.86. The molecule has 0 aliphatic carbocycles. The lowest BCUT2D eigenvalue weighted by molar-refractivity contribution is 1.18. The van der Waals surface area contributed by atoms with E-state index in [1.165, 1.54) is 31.3 Å². The molecule has 4 heteroatoms. The van der Waals surface area contributed by atoms with E-state index in [0.717, 1.165) is 16.8 Å². The molecule has 0 spiro atoms. The van der Waals surface area contributed by atoms with Crippen molar-refractivity contribution in [2.75, 3.05) is 0 Å². The smallest absolute Gasteiger partial charge is 0.161 e. The van der Waals surface area contributed by atoms with E-state index in [9.17, 15) is 0 Å². The van der Waals surface area contributed by atoms with Gasteiger partial charge in [-0.2, -0.15) is 0 Å². The molecule has 152 valence electrons. The number of hydrogen-bond acceptors (Lipinski definition) is 3. The zero-order valence-corrected chi connectivity index (χ0v) is 18.6. The molecule has 0 atom stereocenters. The Morgan fingerprint density at radius 1 is 0.531 bits per heavy atom. The molecular weight excluding hydrogens is 432 g/mol. The van der Waals surface area contributed by atoms with Crippen molar-refractivity contribution < 1.29 is 0 Å². The van der Waals surface area contributed by atoms with Crippen molar-refractivity contribution in [2.24, 2.45) is 0 Å². The topological polar surface area (TPSA) is 25.8 Å². The minimum atomic E-state index is 0.438. The summed E-state index contributed by atoms with van der Waals surface area (Å²) in [6.07, 6.45) is 0. The molecule has 0 aliphatic rings.